The fourth-order valence-corrected chi connectivity index (χ4v) is 2.73. The predicted molar refractivity (Wildman–Crippen MR) is 104 cm³/mol. The Morgan fingerprint density at radius 2 is 1.59 bits per heavy atom. The molecule has 0 saturated heterocycles. The molecule has 6 heteroatoms. The highest BCUT2D eigenvalue weighted by Gasteiger charge is 2.31. The number of nitrogens with one attached hydrogen (secondary N) is 2. The normalized spacial score (nSPS) is 12.1. The van der Waals surface area contributed by atoms with E-state index in [9.17, 15) is 14.4 Å². The number of aliphatic carboxylic acids is 1. The molecule has 0 aromatic heterocycles. The van der Waals surface area contributed by atoms with Gasteiger partial charge in [-0.2, -0.15) is 0 Å². The molecule has 0 spiro atoms. The third-order valence-corrected chi connectivity index (χ3v) is 4.51. The van der Waals surface area contributed by atoms with Gasteiger partial charge in [0.05, 0.1) is 5.41 Å². The second-order valence-electron chi connectivity index (χ2n) is 7.00. The molecule has 0 saturated carbocycles. The lowest BCUT2D eigenvalue weighted by Crippen LogP contribution is -2.38. The average molecular weight is 368 g/mol. The van der Waals surface area contributed by atoms with E-state index in [-0.39, 0.29) is 5.91 Å². The molecule has 0 radical (unpaired) electrons. The van der Waals surface area contributed by atoms with Gasteiger partial charge in [-0.1, -0.05) is 24.3 Å². The SMILES string of the molecule is Cc1ccccc1C(C)(C)C(=O)Nc1ccc(C(=O)NC(C)C(=O)O)cc1. The van der Waals surface area contributed by atoms with E-state index in [2.05, 4.69) is 10.6 Å². The van der Waals surface area contributed by atoms with Crippen LogP contribution in [-0.2, 0) is 15.0 Å². The summed E-state index contributed by atoms with van der Waals surface area (Å²) in [6, 6.07) is 13.1. The summed E-state index contributed by atoms with van der Waals surface area (Å²) in [5.74, 6) is -1.75. The van der Waals surface area contributed by atoms with E-state index < -0.39 is 23.3 Å². The summed E-state index contributed by atoms with van der Waals surface area (Å²) in [6.45, 7) is 7.08. The van der Waals surface area contributed by atoms with E-state index in [1.165, 1.54) is 6.92 Å². The lowest BCUT2D eigenvalue weighted by Gasteiger charge is -2.26. The number of anilines is 1. The van der Waals surface area contributed by atoms with E-state index in [0.29, 0.717) is 11.3 Å². The van der Waals surface area contributed by atoms with Crippen LogP contribution in [0.15, 0.2) is 48.5 Å². The van der Waals surface area contributed by atoms with Crippen LogP contribution in [0, 0.1) is 6.92 Å². The van der Waals surface area contributed by atoms with Crippen molar-refractivity contribution in [2.45, 2.75) is 39.2 Å². The first kappa shape index (κ1) is 20.2. The van der Waals surface area contributed by atoms with Crippen LogP contribution >= 0.6 is 0 Å². The van der Waals surface area contributed by atoms with Gasteiger partial charge in [0.25, 0.3) is 5.91 Å². The number of aryl methyl sites for hydroxylation is 1. The lowest BCUT2D eigenvalue weighted by molar-refractivity contribution is -0.138. The minimum atomic E-state index is -1.11. The highest BCUT2D eigenvalue weighted by molar-refractivity contribution is 6.00. The van der Waals surface area contributed by atoms with Crippen LogP contribution in [0.3, 0.4) is 0 Å². The molecule has 2 rings (SSSR count). The molecule has 2 aromatic rings. The highest BCUT2D eigenvalue weighted by atomic mass is 16.4. The molecule has 27 heavy (non-hydrogen) atoms. The van der Waals surface area contributed by atoms with Crippen molar-refractivity contribution in [1.29, 1.82) is 0 Å². The summed E-state index contributed by atoms with van der Waals surface area (Å²) in [4.78, 5) is 35.6. The first-order chi connectivity index (χ1) is 12.6. The van der Waals surface area contributed by atoms with Gasteiger partial charge in [-0.25, -0.2) is 0 Å². The monoisotopic (exact) mass is 368 g/mol. The Bertz CT molecular complexity index is 857. The number of carboxylic acid groups (broad SMARTS) is 1. The Hall–Kier alpha value is -3.15. The molecule has 2 amide bonds. The maximum atomic E-state index is 12.8. The Balaban J connectivity index is 2.10. The number of carbonyl (C=O) groups excluding carboxylic acids is 2. The summed E-state index contributed by atoms with van der Waals surface area (Å²) in [6.07, 6.45) is 0. The van der Waals surface area contributed by atoms with Crippen LogP contribution in [0.5, 0.6) is 0 Å². The largest absolute Gasteiger partial charge is 0.480 e. The molecular formula is C21H24N2O4. The van der Waals surface area contributed by atoms with Crippen molar-refractivity contribution in [3.05, 3.63) is 65.2 Å². The summed E-state index contributed by atoms with van der Waals surface area (Å²) in [7, 11) is 0. The van der Waals surface area contributed by atoms with Crippen LogP contribution in [0.25, 0.3) is 0 Å². The first-order valence-electron chi connectivity index (χ1n) is 8.64. The Labute approximate surface area is 158 Å². The molecule has 1 unspecified atom stereocenters. The minimum Gasteiger partial charge on any atom is -0.480 e. The number of amides is 2. The topological polar surface area (TPSA) is 95.5 Å². The molecule has 0 aliphatic carbocycles. The zero-order valence-corrected chi connectivity index (χ0v) is 15.9. The van der Waals surface area contributed by atoms with Crippen molar-refractivity contribution in [1.82, 2.24) is 5.32 Å². The second-order valence-corrected chi connectivity index (χ2v) is 7.00. The summed E-state index contributed by atoms with van der Waals surface area (Å²) in [5, 5.41) is 14.1. The van der Waals surface area contributed by atoms with Gasteiger partial charge in [-0.05, 0) is 63.1 Å². The smallest absolute Gasteiger partial charge is 0.325 e. The van der Waals surface area contributed by atoms with Crippen molar-refractivity contribution < 1.29 is 19.5 Å². The van der Waals surface area contributed by atoms with Gasteiger partial charge in [0.2, 0.25) is 5.91 Å². The zero-order valence-electron chi connectivity index (χ0n) is 15.9. The van der Waals surface area contributed by atoms with Gasteiger partial charge in [0.15, 0.2) is 0 Å². The van der Waals surface area contributed by atoms with E-state index >= 15 is 0 Å². The highest BCUT2D eigenvalue weighted by Crippen LogP contribution is 2.27. The molecule has 6 nitrogen and oxygen atoms in total. The predicted octanol–water partition coefficient (Wildman–Crippen LogP) is 3.11. The minimum absolute atomic E-state index is 0.159. The lowest BCUT2D eigenvalue weighted by atomic mass is 9.81. The quantitative estimate of drug-likeness (QED) is 0.730. The van der Waals surface area contributed by atoms with Gasteiger partial charge in [-0.3, -0.25) is 14.4 Å². The van der Waals surface area contributed by atoms with Gasteiger partial charge in [0.1, 0.15) is 6.04 Å². The van der Waals surface area contributed by atoms with Crippen molar-refractivity contribution in [3.8, 4) is 0 Å². The Morgan fingerprint density at radius 3 is 2.15 bits per heavy atom. The number of carbonyl (C=O) groups is 3. The molecule has 0 aliphatic rings. The molecule has 3 N–H and O–H groups in total. The average Bonchev–Trinajstić information content (AvgIpc) is 2.62. The van der Waals surface area contributed by atoms with Gasteiger partial charge in [0, 0.05) is 11.3 Å². The molecule has 1 atom stereocenters. The van der Waals surface area contributed by atoms with Gasteiger partial charge < -0.3 is 15.7 Å². The Kier molecular flexibility index (Phi) is 6.00. The van der Waals surface area contributed by atoms with Crippen LogP contribution in [0.2, 0.25) is 0 Å². The van der Waals surface area contributed by atoms with E-state index in [0.717, 1.165) is 11.1 Å². The van der Waals surface area contributed by atoms with Crippen LogP contribution in [0.4, 0.5) is 5.69 Å². The molecule has 0 heterocycles. The van der Waals surface area contributed by atoms with Crippen molar-refractivity contribution in [2.75, 3.05) is 5.32 Å². The number of hydrogen-bond donors (Lipinski definition) is 3. The third kappa shape index (κ3) is 4.73. The molecule has 0 fully saturated rings. The second kappa shape index (κ2) is 8.03. The van der Waals surface area contributed by atoms with Crippen LogP contribution in [0.1, 0.15) is 42.3 Å². The fourth-order valence-electron chi connectivity index (χ4n) is 2.73. The molecular weight excluding hydrogens is 344 g/mol. The van der Waals surface area contributed by atoms with Crippen molar-refractivity contribution in [2.24, 2.45) is 0 Å². The number of carboxylic acids is 1. The maximum Gasteiger partial charge on any atom is 0.325 e. The van der Waals surface area contributed by atoms with E-state index in [4.69, 9.17) is 5.11 Å². The molecule has 0 aliphatic heterocycles. The summed E-state index contributed by atoms with van der Waals surface area (Å²) in [5.41, 5.74) is 2.14. The molecule has 0 bridgehead atoms. The van der Waals surface area contributed by atoms with E-state index in [1.807, 2.05) is 45.0 Å². The van der Waals surface area contributed by atoms with Gasteiger partial charge >= 0.3 is 5.97 Å². The Morgan fingerprint density at radius 1 is 1.00 bits per heavy atom. The van der Waals surface area contributed by atoms with E-state index in [1.54, 1.807) is 24.3 Å². The summed E-state index contributed by atoms with van der Waals surface area (Å²) < 4.78 is 0. The van der Waals surface area contributed by atoms with Crippen LogP contribution in [-0.4, -0.2) is 28.9 Å². The number of benzene rings is 2. The zero-order chi connectivity index (χ0) is 20.2. The standard InChI is InChI=1S/C21H24N2O4/c1-13-7-5-6-8-17(13)21(3,4)20(27)23-16-11-9-15(10-12-16)18(24)22-14(2)19(25)26/h5-12,14H,1-4H3,(H,22,24)(H,23,27)(H,25,26). The first-order valence-corrected chi connectivity index (χ1v) is 8.64. The van der Waals surface area contributed by atoms with Crippen molar-refractivity contribution in [3.63, 3.8) is 0 Å². The number of hydrogen-bond acceptors (Lipinski definition) is 3. The molecule has 2 aromatic carbocycles. The third-order valence-electron chi connectivity index (χ3n) is 4.51. The summed E-state index contributed by atoms with van der Waals surface area (Å²) >= 11 is 0. The van der Waals surface area contributed by atoms with Gasteiger partial charge in [-0.15, -0.1) is 0 Å². The fraction of sp³-hybridized carbons (Fsp3) is 0.286. The molecule has 142 valence electrons. The van der Waals surface area contributed by atoms with Crippen molar-refractivity contribution >= 4 is 23.5 Å². The number of rotatable bonds is 6. The van der Waals surface area contributed by atoms with Crippen LogP contribution < -0.4 is 10.6 Å². The maximum absolute atomic E-state index is 12.8.